The van der Waals surface area contributed by atoms with Crippen LogP contribution in [0, 0.1) is 0 Å². The molecule has 0 fully saturated rings. The molecule has 1 atom stereocenters. The summed E-state index contributed by atoms with van der Waals surface area (Å²) in [4.78, 5) is 25.9. The summed E-state index contributed by atoms with van der Waals surface area (Å²) in [6.07, 6.45) is 3.46. The third kappa shape index (κ3) is 3.52. The van der Waals surface area contributed by atoms with Crippen LogP contribution in [0.3, 0.4) is 0 Å². The van der Waals surface area contributed by atoms with Crippen LogP contribution in [0.1, 0.15) is 41.2 Å². The number of rotatable bonds is 3. The van der Waals surface area contributed by atoms with E-state index >= 15 is 0 Å². The highest BCUT2D eigenvalue weighted by molar-refractivity contribution is 6.35. The Balaban J connectivity index is 1.61. The van der Waals surface area contributed by atoms with Gasteiger partial charge >= 0.3 is 0 Å². The van der Waals surface area contributed by atoms with Crippen LogP contribution in [0.5, 0.6) is 0 Å². The predicted octanol–water partition coefficient (Wildman–Crippen LogP) is 5.46. The summed E-state index contributed by atoms with van der Waals surface area (Å²) in [5, 5.41) is 11.6. The van der Waals surface area contributed by atoms with Gasteiger partial charge in [-0.1, -0.05) is 47.5 Å². The molecule has 6 nitrogen and oxygen atoms in total. The second kappa shape index (κ2) is 7.87. The molecule has 5 rings (SSSR count). The van der Waals surface area contributed by atoms with Crippen molar-refractivity contribution in [2.75, 3.05) is 10.6 Å². The molecule has 1 aliphatic heterocycles. The van der Waals surface area contributed by atoms with Crippen LogP contribution < -0.4 is 10.6 Å². The van der Waals surface area contributed by atoms with Gasteiger partial charge in [0.05, 0.1) is 6.20 Å². The van der Waals surface area contributed by atoms with Gasteiger partial charge in [-0.05, 0) is 37.1 Å². The van der Waals surface area contributed by atoms with Crippen LogP contribution in [0.15, 0.2) is 66.0 Å². The number of Topliss-reactive ketones (excluding diaryl/α,β-unsaturated/α-hetero) is 1. The average molecular weight is 453 g/mol. The highest BCUT2D eigenvalue weighted by Gasteiger charge is 2.38. The number of hydrogen-bond acceptors (Lipinski definition) is 4. The first-order valence-electron chi connectivity index (χ1n) is 9.95. The van der Waals surface area contributed by atoms with E-state index in [0.29, 0.717) is 45.5 Å². The Hall–Kier alpha value is -3.09. The number of aromatic nitrogens is 2. The zero-order chi connectivity index (χ0) is 21.5. The number of nitrogens with zero attached hydrogens (tertiary/aromatic N) is 2. The lowest BCUT2D eigenvalue weighted by Gasteiger charge is -2.33. The molecule has 3 aromatic rings. The van der Waals surface area contributed by atoms with Crippen molar-refractivity contribution < 1.29 is 9.59 Å². The van der Waals surface area contributed by atoms with E-state index < -0.39 is 6.04 Å². The molecule has 1 amide bonds. The van der Waals surface area contributed by atoms with Crippen LogP contribution in [0.25, 0.3) is 0 Å². The Kier molecular flexibility index (Phi) is 5.04. The van der Waals surface area contributed by atoms with Crippen molar-refractivity contribution >= 4 is 46.4 Å². The molecular formula is C23H18Cl2N4O2. The van der Waals surface area contributed by atoms with Crippen molar-refractivity contribution in [2.45, 2.75) is 25.3 Å². The van der Waals surface area contributed by atoms with E-state index in [1.54, 1.807) is 16.8 Å². The van der Waals surface area contributed by atoms with Crippen molar-refractivity contribution in [3.8, 4) is 0 Å². The SMILES string of the molecule is O=C1CCCC2=C1C(c1ccc(Cl)cc1Cl)n1ncc(C(=O)Nc3ccccc3)c1N2. The Labute approximate surface area is 188 Å². The van der Waals surface area contributed by atoms with E-state index in [4.69, 9.17) is 23.2 Å². The van der Waals surface area contributed by atoms with Gasteiger partial charge in [-0.3, -0.25) is 9.59 Å². The summed E-state index contributed by atoms with van der Waals surface area (Å²) in [6, 6.07) is 13.9. The molecule has 2 N–H and O–H groups in total. The first-order chi connectivity index (χ1) is 15.0. The summed E-state index contributed by atoms with van der Waals surface area (Å²) in [6.45, 7) is 0. The van der Waals surface area contributed by atoms with E-state index in [9.17, 15) is 9.59 Å². The number of ketones is 1. The van der Waals surface area contributed by atoms with Gasteiger partial charge in [0.15, 0.2) is 5.78 Å². The standard InChI is InChI=1S/C23H18Cl2N4O2/c24-13-9-10-15(17(25)11-13)21-20-18(7-4-8-19(20)30)28-22-16(12-26-29(21)22)23(31)27-14-5-2-1-3-6-14/h1-3,5-6,9-12,21,28H,4,7-8H2,(H,27,31). The van der Waals surface area contributed by atoms with E-state index in [2.05, 4.69) is 15.7 Å². The number of para-hydroxylation sites is 1. The first kappa shape index (κ1) is 19.8. The fourth-order valence-electron chi connectivity index (χ4n) is 4.16. The number of fused-ring (bicyclic) bond motifs is 1. The average Bonchev–Trinajstić information content (AvgIpc) is 3.17. The molecule has 1 aromatic heterocycles. The smallest absolute Gasteiger partial charge is 0.261 e. The maximum atomic E-state index is 13.0. The Bertz CT molecular complexity index is 1230. The maximum Gasteiger partial charge on any atom is 0.261 e. The van der Waals surface area contributed by atoms with Gasteiger partial charge in [-0.25, -0.2) is 4.68 Å². The lowest BCUT2D eigenvalue weighted by Crippen LogP contribution is -2.32. The summed E-state index contributed by atoms with van der Waals surface area (Å²) in [5.41, 5.74) is 3.25. The molecule has 1 unspecified atom stereocenters. The summed E-state index contributed by atoms with van der Waals surface area (Å²) < 4.78 is 1.66. The van der Waals surface area contributed by atoms with Crippen molar-refractivity contribution in [3.63, 3.8) is 0 Å². The molecule has 0 spiro atoms. The minimum Gasteiger partial charge on any atom is -0.343 e. The lowest BCUT2D eigenvalue weighted by atomic mass is 9.85. The van der Waals surface area contributed by atoms with Gasteiger partial charge in [0, 0.05) is 39.0 Å². The molecule has 0 bridgehead atoms. The van der Waals surface area contributed by atoms with Crippen LogP contribution in [-0.4, -0.2) is 21.5 Å². The van der Waals surface area contributed by atoms with Crippen molar-refractivity contribution in [1.82, 2.24) is 9.78 Å². The van der Waals surface area contributed by atoms with Gasteiger partial charge < -0.3 is 10.6 Å². The number of allylic oxidation sites excluding steroid dienone is 2. The van der Waals surface area contributed by atoms with Crippen LogP contribution >= 0.6 is 23.2 Å². The van der Waals surface area contributed by atoms with Crippen molar-refractivity contribution in [3.05, 3.63) is 87.2 Å². The third-order valence-corrected chi connectivity index (χ3v) is 6.13. The van der Waals surface area contributed by atoms with Crippen LogP contribution in [0.4, 0.5) is 11.5 Å². The lowest BCUT2D eigenvalue weighted by molar-refractivity contribution is -0.116. The van der Waals surface area contributed by atoms with E-state index in [1.165, 1.54) is 6.20 Å². The summed E-state index contributed by atoms with van der Waals surface area (Å²) in [5.74, 6) is 0.311. The molecule has 2 heterocycles. The van der Waals surface area contributed by atoms with E-state index in [1.807, 2.05) is 36.4 Å². The maximum absolute atomic E-state index is 13.0. The largest absolute Gasteiger partial charge is 0.343 e. The van der Waals surface area contributed by atoms with Gasteiger partial charge in [0.1, 0.15) is 17.4 Å². The number of carbonyl (C=O) groups is 2. The molecule has 156 valence electrons. The van der Waals surface area contributed by atoms with Gasteiger partial charge in [0.2, 0.25) is 0 Å². The number of amides is 1. The molecule has 1 aliphatic carbocycles. The fourth-order valence-corrected chi connectivity index (χ4v) is 4.67. The quantitative estimate of drug-likeness (QED) is 0.552. The highest BCUT2D eigenvalue weighted by atomic mass is 35.5. The zero-order valence-corrected chi connectivity index (χ0v) is 17.9. The van der Waals surface area contributed by atoms with Gasteiger partial charge in [0.25, 0.3) is 5.91 Å². The Morgan fingerprint density at radius 1 is 1.13 bits per heavy atom. The van der Waals surface area contributed by atoms with Crippen LogP contribution in [-0.2, 0) is 4.79 Å². The number of hydrogen-bond donors (Lipinski definition) is 2. The molecule has 8 heteroatoms. The molecular weight excluding hydrogens is 435 g/mol. The monoisotopic (exact) mass is 452 g/mol. The molecule has 2 aliphatic rings. The van der Waals surface area contributed by atoms with E-state index in [0.717, 1.165) is 17.7 Å². The number of halogens is 2. The minimum absolute atomic E-state index is 0.0567. The third-order valence-electron chi connectivity index (χ3n) is 5.57. The topological polar surface area (TPSA) is 76.0 Å². The predicted molar refractivity (Wildman–Crippen MR) is 121 cm³/mol. The molecule has 0 saturated heterocycles. The highest BCUT2D eigenvalue weighted by Crippen LogP contribution is 2.43. The molecule has 31 heavy (non-hydrogen) atoms. The summed E-state index contributed by atoms with van der Waals surface area (Å²) in [7, 11) is 0. The molecule has 2 aromatic carbocycles. The van der Waals surface area contributed by atoms with E-state index in [-0.39, 0.29) is 11.7 Å². The Morgan fingerprint density at radius 3 is 2.71 bits per heavy atom. The number of anilines is 2. The first-order valence-corrected chi connectivity index (χ1v) is 10.7. The zero-order valence-electron chi connectivity index (χ0n) is 16.4. The molecule has 0 saturated carbocycles. The van der Waals surface area contributed by atoms with Gasteiger partial charge in [-0.2, -0.15) is 5.10 Å². The Morgan fingerprint density at radius 2 is 1.94 bits per heavy atom. The van der Waals surface area contributed by atoms with Crippen molar-refractivity contribution in [2.24, 2.45) is 0 Å². The second-order valence-electron chi connectivity index (χ2n) is 7.53. The summed E-state index contributed by atoms with van der Waals surface area (Å²) >= 11 is 12.6. The molecule has 0 radical (unpaired) electrons. The second-order valence-corrected chi connectivity index (χ2v) is 8.38. The number of nitrogens with one attached hydrogen (secondary N) is 2. The van der Waals surface area contributed by atoms with Crippen LogP contribution in [0.2, 0.25) is 10.0 Å². The fraction of sp³-hybridized carbons (Fsp3) is 0.174. The number of benzene rings is 2. The van der Waals surface area contributed by atoms with Gasteiger partial charge in [-0.15, -0.1) is 0 Å². The minimum atomic E-state index is -0.526. The number of carbonyl (C=O) groups excluding carboxylic acids is 2. The normalized spacial score (nSPS) is 17.6. The van der Waals surface area contributed by atoms with Crippen molar-refractivity contribution in [1.29, 1.82) is 0 Å².